The molecule has 1 saturated heterocycles. The molecule has 19 heavy (non-hydrogen) atoms. The number of rotatable bonds is 4. The van der Waals surface area contributed by atoms with Crippen LogP contribution in [0.1, 0.15) is 12.0 Å². The van der Waals surface area contributed by atoms with Gasteiger partial charge in [0.05, 0.1) is 11.0 Å². The van der Waals surface area contributed by atoms with Crippen molar-refractivity contribution in [2.75, 3.05) is 20.1 Å². The third-order valence-electron chi connectivity index (χ3n) is 3.51. The van der Waals surface area contributed by atoms with Crippen LogP contribution in [0.3, 0.4) is 0 Å². The lowest BCUT2D eigenvalue weighted by molar-refractivity contribution is 0.182. The Balaban J connectivity index is 2.00. The number of benzene rings is 1. The van der Waals surface area contributed by atoms with Crippen molar-refractivity contribution in [2.45, 2.75) is 30.4 Å². The number of β-amino-alcohol motifs (C(OH)–C–C–N with tert-alkyl or cyclic N) is 1. The van der Waals surface area contributed by atoms with Gasteiger partial charge in [0, 0.05) is 19.1 Å². The summed E-state index contributed by atoms with van der Waals surface area (Å²) in [6, 6.07) is 6.81. The second kappa shape index (κ2) is 5.58. The molecule has 1 fully saturated rings. The number of hydrogen-bond donors (Lipinski definition) is 2. The molecule has 0 saturated carbocycles. The molecule has 0 spiro atoms. The van der Waals surface area contributed by atoms with E-state index in [1.54, 1.807) is 24.3 Å². The number of aryl methyl sites for hydroxylation is 1. The zero-order valence-electron chi connectivity index (χ0n) is 11.2. The third kappa shape index (κ3) is 3.54. The number of hydrogen-bond acceptors (Lipinski definition) is 4. The molecule has 0 aromatic heterocycles. The van der Waals surface area contributed by atoms with Crippen molar-refractivity contribution in [2.24, 2.45) is 0 Å². The average molecular weight is 284 g/mol. The van der Waals surface area contributed by atoms with E-state index in [0.29, 0.717) is 19.5 Å². The first-order valence-corrected chi connectivity index (χ1v) is 7.81. The molecule has 0 bridgehead atoms. The van der Waals surface area contributed by atoms with E-state index in [1.807, 2.05) is 18.9 Å². The van der Waals surface area contributed by atoms with Crippen molar-refractivity contribution in [3.63, 3.8) is 0 Å². The summed E-state index contributed by atoms with van der Waals surface area (Å²) in [4.78, 5) is 2.25. The van der Waals surface area contributed by atoms with Crippen LogP contribution >= 0.6 is 0 Å². The van der Waals surface area contributed by atoms with Crippen LogP contribution < -0.4 is 4.72 Å². The Labute approximate surface area is 114 Å². The maximum atomic E-state index is 12.1. The number of aliphatic hydroxyl groups excluding tert-OH is 1. The zero-order chi connectivity index (χ0) is 14.0. The van der Waals surface area contributed by atoms with Crippen molar-refractivity contribution in [3.05, 3.63) is 29.8 Å². The van der Waals surface area contributed by atoms with E-state index < -0.39 is 10.0 Å². The highest BCUT2D eigenvalue weighted by molar-refractivity contribution is 7.89. The fourth-order valence-corrected chi connectivity index (χ4v) is 3.37. The molecule has 0 amide bonds. The van der Waals surface area contributed by atoms with Gasteiger partial charge in [0.2, 0.25) is 10.0 Å². The Hall–Kier alpha value is -0.950. The summed E-state index contributed by atoms with van der Waals surface area (Å²) in [5.74, 6) is 0. The van der Waals surface area contributed by atoms with Crippen molar-refractivity contribution in [1.82, 2.24) is 9.62 Å². The molecule has 1 aromatic carbocycles. The molecule has 2 unspecified atom stereocenters. The molecule has 0 aliphatic carbocycles. The van der Waals surface area contributed by atoms with Gasteiger partial charge in [-0.3, -0.25) is 4.90 Å². The fraction of sp³-hybridized carbons (Fsp3) is 0.538. The molecule has 6 heteroatoms. The van der Waals surface area contributed by atoms with E-state index in [1.165, 1.54) is 0 Å². The van der Waals surface area contributed by atoms with Gasteiger partial charge < -0.3 is 5.11 Å². The predicted molar refractivity (Wildman–Crippen MR) is 73.4 cm³/mol. The predicted octanol–water partition coefficient (Wildman–Crippen LogP) is 0.338. The minimum Gasteiger partial charge on any atom is -0.392 e. The van der Waals surface area contributed by atoms with Gasteiger partial charge in [-0.2, -0.15) is 0 Å². The Morgan fingerprint density at radius 3 is 2.53 bits per heavy atom. The lowest BCUT2D eigenvalue weighted by atomic mass is 10.2. The normalized spacial score (nSPS) is 24.8. The molecular formula is C13H20N2O3S. The zero-order valence-corrected chi connectivity index (χ0v) is 12.0. The van der Waals surface area contributed by atoms with Crippen LogP contribution in [0.25, 0.3) is 0 Å². The van der Waals surface area contributed by atoms with Crippen LogP contribution in [0.4, 0.5) is 0 Å². The molecule has 1 aliphatic rings. The van der Waals surface area contributed by atoms with Gasteiger partial charge >= 0.3 is 0 Å². The summed E-state index contributed by atoms with van der Waals surface area (Å²) in [5, 5.41) is 9.53. The van der Waals surface area contributed by atoms with Gasteiger partial charge in [-0.1, -0.05) is 17.7 Å². The molecule has 1 aromatic rings. The number of likely N-dealkylation sites (N-methyl/N-ethyl adjacent to an activating group) is 1. The summed E-state index contributed by atoms with van der Waals surface area (Å²) < 4.78 is 26.8. The van der Waals surface area contributed by atoms with Crippen LogP contribution in [0.5, 0.6) is 0 Å². The van der Waals surface area contributed by atoms with Gasteiger partial charge in [0.25, 0.3) is 0 Å². The number of likely N-dealkylation sites (tertiary alicyclic amines) is 1. The topological polar surface area (TPSA) is 69.6 Å². The van der Waals surface area contributed by atoms with Crippen LogP contribution in [0.2, 0.25) is 0 Å². The highest BCUT2D eigenvalue weighted by Gasteiger charge is 2.29. The van der Waals surface area contributed by atoms with E-state index in [4.69, 9.17) is 0 Å². The van der Waals surface area contributed by atoms with Crippen LogP contribution in [-0.2, 0) is 10.0 Å². The van der Waals surface area contributed by atoms with E-state index in [2.05, 4.69) is 4.72 Å². The van der Waals surface area contributed by atoms with E-state index >= 15 is 0 Å². The standard InChI is InChI=1S/C13H20N2O3S/c1-10-3-5-13(6-4-10)19(17,18)14-8-11-7-12(16)9-15(11)2/h3-6,11-12,14,16H,7-9H2,1-2H3. The maximum Gasteiger partial charge on any atom is 0.240 e. The summed E-state index contributed by atoms with van der Waals surface area (Å²) in [6.45, 7) is 2.83. The number of nitrogens with zero attached hydrogens (tertiary/aromatic N) is 1. The largest absolute Gasteiger partial charge is 0.392 e. The lowest BCUT2D eigenvalue weighted by Crippen LogP contribution is -2.38. The first-order chi connectivity index (χ1) is 8.88. The number of nitrogens with one attached hydrogen (secondary N) is 1. The molecule has 2 atom stereocenters. The van der Waals surface area contributed by atoms with Gasteiger partial charge in [-0.15, -0.1) is 0 Å². The number of sulfonamides is 1. The molecule has 1 aliphatic heterocycles. The quantitative estimate of drug-likeness (QED) is 0.836. The minimum absolute atomic E-state index is 0.0511. The molecule has 1 heterocycles. The molecule has 106 valence electrons. The summed E-state index contributed by atoms with van der Waals surface area (Å²) >= 11 is 0. The van der Waals surface area contributed by atoms with Crippen molar-refractivity contribution >= 4 is 10.0 Å². The van der Waals surface area contributed by atoms with Crippen molar-refractivity contribution in [1.29, 1.82) is 0 Å². The Kier molecular flexibility index (Phi) is 4.25. The molecule has 0 radical (unpaired) electrons. The fourth-order valence-electron chi connectivity index (χ4n) is 2.30. The molecule has 2 N–H and O–H groups in total. The SMILES string of the molecule is Cc1ccc(S(=O)(=O)NCC2CC(O)CN2C)cc1. The Morgan fingerprint density at radius 2 is 2.00 bits per heavy atom. The second-order valence-corrected chi connectivity index (χ2v) is 6.91. The Morgan fingerprint density at radius 1 is 1.37 bits per heavy atom. The molecule has 5 nitrogen and oxygen atoms in total. The monoisotopic (exact) mass is 284 g/mol. The minimum atomic E-state index is -3.46. The first-order valence-electron chi connectivity index (χ1n) is 6.33. The van der Waals surface area contributed by atoms with Gasteiger partial charge in [0.1, 0.15) is 0 Å². The highest BCUT2D eigenvalue weighted by Crippen LogP contribution is 2.16. The van der Waals surface area contributed by atoms with E-state index in [0.717, 1.165) is 5.56 Å². The van der Waals surface area contributed by atoms with Gasteiger partial charge in [0.15, 0.2) is 0 Å². The summed E-state index contributed by atoms with van der Waals surface area (Å²) in [6.07, 6.45) is 0.242. The van der Waals surface area contributed by atoms with Crippen molar-refractivity contribution in [3.8, 4) is 0 Å². The maximum absolute atomic E-state index is 12.1. The van der Waals surface area contributed by atoms with Crippen LogP contribution in [0, 0.1) is 6.92 Å². The number of aliphatic hydroxyl groups is 1. The lowest BCUT2D eigenvalue weighted by Gasteiger charge is -2.19. The smallest absolute Gasteiger partial charge is 0.240 e. The molecular weight excluding hydrogens is 264 g/mol. The summed E-state index contributed by atoms with van der Waals surface area (Å²) in [5.41, 5.74) is 1.03. The summed E-state index contributed by atoms with van der Waals surface area (Å²) in [7, 11) is -1.57. The first kappa shape index (κ1) is 14.5. The van der Waals surface area contributed by atoms with Gasteiger partial charge in [-0.05, 0) is 32.5 Å². The van der Waals surface area contributed by atoms with Crippen molar-refractivity contribution < 1.29 is 13.5 Å². The van der Waals surface area contributed by atoms with Crippen LogP contribution in [-0.4, -0.2) is 50.7 Å². The second-order valence-electron chi connectivity index (χ2n) is 5.15. The average Bonchev–Trinajstić information content (AvgIpc) is 2.66. The highest BCUT2D eigenvalue weighted by atomic mass is 32.2. The third-order valence-corrected chi connectivity index (χ3v) is 4.95. The van der Waals surface area contributed by atoms with E-state index in [-0.39, 0.29) is 17.0 Å². The van der Waals surface area contributed by atoms with E-state index in [9.17, 15) is 13.5 Å². The van der Waals surface area contributed by atoms with Gasteiger partial charge in [-0.25, -0.2) is 13.1 Å². The van der Waals surface area contributed by atoms with Crippen LogP contribution in [0.15, 0.2) is 29.2 Å². The Bertz CT molecular complexity index is 527. The molecule has 2 rings (SSSR count).